The van der Waals surface area contributed by atoms with Crippen molar-refractivity contribution in [2.75, 3.05) is 12.0 Å². The molecule has 0 radical (unpaired) electrons. The van der Waals surface area contributed by atoms with Crippen molar-refractivity contribution in [3.63, 3.8) is 0 Å². The molecule has 0 bridgehead atoms. The summed E-state index contributed by atoms with van der Waals surface area (Å²) in [5.41, 5.74) is 2.59. The third-order valence-corrected chi connectivity index (χ3v) is 5.90. The molecule has 7 nitrogen and oxygen atoms in total. The molecule has 1 atom stereocenters. The van der Waals surface area contributed by atoms with Crippen LogP contribution in [-0.4, -0.2) is 30.0 Å². The molecule has 182 valence electrons. The van der Waals surface area contributed by atoms with Crippen molar-refractivity contribution in [1.82, 2.24) is 0 Å². The molecule has 0 aliphatic carbocycles. The van der Waals surface area contributed by atoms with Gasteiger partial charge in [-0.1, -0.05) is 23.8 Å². The summed E-state index contributed by atoms with van der Waals surface area (Å²) in [7, 11) is 1.47. The number of aryl methyl sites for hydroxylation is 1. The van der Waals surface area contributed by atoms with Crippen molar-refractivity contribution >= 4 is 23.1 Å². The molecule has 1 saturated heterocycles. The standard InChI is InChI=1S/C29H26N2O5/c1-17(2)36-22-12-8-20(9-13-22)26-25(27(32)23-15-18(3)5-14-24(23)35-4)28(33)29(34)31(26)21-10-6-19(16-30)7-11-21/h5-15,17,26,32H,1-4H3/b27-25+. The smallest absolute Gasteiger partial charge is 0.300 e. The Kier molecular flexibility index (Phi) is 6.80. The quantitative estimate of drug-likeness (QED) is 0.291. The van der Waals surface area contributed by atoms with E-state index in [0.717, 1.165) is 5.56 Å². The number of aliphatic hydroxyl groups is 1. The highest BCUT2D eigenvalue weighted by Gasteiger charge is 2.47. The third-order valence-electron chi connectivity index (χ3n) is 5.90. The zero-order valence-electron chi connectivity index (χ0n) is 20.5. The predicted molar refractivity (Wildman–Crippen MR) is 136 cm³/mol. The van der Waals surface area contributed by atoms with Gasteiger partial charge in [0.1, 0.15) is 17.3 Å². The Morgan fingerprint density at radius 1 is 1.03 bits per heavy atom. The molecule has 36 heavy (non-hydrogen) atoms. The van der Waals surface area contributed by atoms with Gasteiger partial charge in [0, 0.05) is 5.69 Å². The number of carbonyl (C=O) groups is 2. The molecule has 1 N–H and O–H groups in total. The maximum atomic E-state index is 13.4. The normalized spacial score (nSPS) is 16.8. The molecule has 1 amide bonds. The minimum Gasteiger partial charge on any atom is -0.507 e. The second kappa shape index (κ2) is 9.96. The molecule has 1 aliphatic rings. The lowest BCUT2D eigenvalue weighted by molar-refractivity contribution is -0.132. The number of anilines is 1. The lowest BCUT2D eigenvalue weighted by Gasteiger charge is -2.26. The number of aliphatic hydroxyl groups excluding tert-OH is 1. The van der Waals surface area contributed by atoms with Gasteiger partial charge in [-0.15, -0.1) is 0 Å². The Hall–Kier alpha value is -4.57. The van der Waals surface area contributed by atoms with E-state index in [9.17, 15) is 14.7 Å². The van der Waals surface area contributed by atoms with Crippen LogP contribution in [-0.2, 0) is 9.59 Å². The van der Waals surface area contributed by atoms with E-state index in [0.29, 0.717) is 33.9 Å². The molecular weight excluding hydrogens is 456 g/mol. The van der Waals surface area contributed by atoms with Crippen LogP contribution in [0.5, 0.6) is 11.5 Å². The number of amides is 1. The largest absolute Gasteiger partial charge is 0.507 e. The number of hydrogen-bond donors (Lipinski definition) is 1. The van der Waals surface area contributed by atoms with Crippen LogP contribution < -0.4 is 14.4 Å². The summed E-state index contributed by atoms with van der Waals surface area (Å²) < 4.78 is 11.2. The number of Topliss-reactive ketones (excluding diaryl/α,β-unsaturated/α-hetero) is 1. The summed E-state index contributed by atoms with van der Waals surface area (Å²) in [6, 6.07) is 19.8. The fourth-order valence-electron chi connectivity index (χ4n) is 4.26. The molecule has 1 heterocycles. The molecule has 0 aromatic heterocycles. The highest BCUT2D eigenvalue weighted by molar-refractivity contribution is 6.51. The lowest BCUT2D eigenvalue weighted by atomic mass is 9.94. The molecule has 4 rings (SSSR count). The van der Waals surface area contributed by atoms with Gasteiger partial charge in [-0.25, -0.2) is 0 Å². The van der Waals surface area contributed by atoms with Crippen molar-refractivity contribution in [1.29, 1.82) is 5.26 Å². The summed E-state index contributed by atoms with van der Waals surface area (Å²) in [5.74, 6) is -0.891. The number of methoxy groups -OCH3 is 1. The molecule has 1 aliphatic heterocycles. The first kappa shape index (κ1) is 24.6. The highest BCUT2D eigenvalue weighted by Crippen LogP contribution is 2.43. The van der Waals surface area contributed by atoms with Gasteiger partial charge in [-0.2, -0.15) is 5.26 Å². The van der Waals surface area contributed by atoms with Gasteiger partial charge in [-0.3, -0.25) is 14.5 Å². The first-order valence-electron chi connectivity index (χ1n) is 11.5. The second-order valence-electron chi connectivity index (χ2n) is 8.77. The number of nitriles is 1. The monoisotopic (exact) mass is 482 g/mol. The third kappa shape index (κ3) is 4.53. The first-order valence-corrected chi connectivity index (χ1v) is 11.5. The summed E-state index contributed by atoms with van der Waals surface area (Å²) in [6.07, 6.45) is -0.0195. The Labute approximate surface area is 209 Å². The van der Waals surface area contributed by atoms with Gasteiger partial charge in [0.15, 0.2) is 0 Å². The molecule has 1 fully saturated rings. The Morgan fingerprint density at radius 2 is 1.69 bits per heavy atom. The van der Waals surface area contributed by atoms with E-state index in [-0.39, 0.29) is 17.4 Å². The van der Waals surface area contributed by atoms with Crippen LogP contribution in [0.25, 0.3) is 5.76 Å². The fraction of sp³-hybridized carbons (Fsp3) is 0.207. The van der Waals surface area contributed by atoms with E-state index in [2.05, 4.69) is 0 Å². The number of carbonyl (C=O) groups excluding carboxylic acids is 2. The summed E-state index contributed by atoms with van der Waals surface area (Å²) >= 11 is 0. The topological polar surface area (TPSA) is 99.9 Å². The van der Waals surface area contributed by atoms with Gasteiger partial charge in [-0.05, 0) is 74.9 Å². The Bertz CT molecular complexity index is 1380. The van der Waals surface area contributed by atoms with E-state index >= 15 is 0 Å². The van der Waals surface area contributed by atoms with Gasteiger partial charge in [0.2, 0.25) is 0 Å². The second-order valence-corrected chi connectivity index (χ2v) is 8.77. The molecule has 0 spiro atoms. The summed E-state index contributed by atoms with van der Waals surface area (Å²) in [5, 5.41) is 20.6. The van der Waals surface area contributed by atoms with Crippen LogP contribution in [0.3, 0.4) is 0 Å². The van der Waals surface area contributed by atoms with E-state index in [1.807, 2.05) is 32.9 Å². The Balaban J connectivity index is 1.93. The van der Waals surface area contributed by atoms with E-state index in [1.54, 1.807) is 60.7 Å². The highest BCUT2D eigenvalue weighted by atomic mass is 16.5. The van der Waals surface area contributed by atoms with Crippen LogP contribution in [0.4, 0.5) is 5.69 Å². The Morgan fingerprint density at radius 3 is 2.28 bits per heavy atom. The number of benzene rings is 3. The fourth-order valence-corrected chi connectivity index (χ4v) is 4.26. The zero-order chi connectivity index (χ0) is 26.0. The van der Waals surface area contributed by atoms with Gasteiger partial charge in [0.05, 0.1) is 42.0 Å². The number of ketones is 1. The SMILES string of the molecule is COc1ccc(C)cc1/C(O)=C1\C(=O)C(=O)N(c2ccc(C#N)cc2)C1c1ccc(OC(C)C)cc1. The number of ether oxygens (including phenoxy) is 2. The number of nitrogens with zero attached hydrogens (tertiary/aromatic N) is 2. The van der Waals surface area contributed by atoms with Crippen molar-refractivity contribution in [2.45, 2.75) is 32.9 Å². The molecule has 7 heteroatoms. The van der Waals surface area contributed by atoms with Crippen LogP contribution in [0.2, 0.25) is 0 Å². The minimum absolute atomic E-state index is 0.0195. The molecular formula is C29H26N2O5. The zero-order valence-corrected chi connectivity index (χ0v) is 20.5. The molecule has 1 unspecified atom stereocenters. The minimum atomic E-state index is -0.906. The molecule has 3 aromatic carbocycles. The first-order chi connectivity index (χ1) is 17.2. The van der Waals surface area contributed by atoms with Crippen molar-refractivity contribution in [3.05, 3.63) is 94.6 Å². The van der Waals surface area contributed by atoms with Gasteiger partial charge < -0.3 is 14.6 Å². The van der Waals surface area contributed by atoms with E-state index < -0.39 is 17.7 Å². The predicted octanol–water partition coefficient (Wildman–Crippen LogP) is 5.29. The van der Waals surface area contributed by atoms with Crippen molar-refractivity contribution < 1.29 is 24.2 Å². The van der Waals surface area contributed by atoms with Crippen LogP contribution in [0.1, 0.15) is 42.1 Å². The van der Waals surface area contributed by atoms with Crippen LogP contribution in [0, 0.1) is 18.3 Å². The summed E-state index contributed by atoms with van der Waals surface area (Å²) in [6.45, 7) is 5.70. The number of hydrogen-bond acceptors (Lipinski definition) is 6. The average Bonchev–Trinajstić information content (AvgIpc) is 3.14. The van der Waals surface area contributed by atoms with Crippen LogP contribution >= 0.6 is 0 Å². The van der Waals surface area contributed by atoms with Gasteiger partial charge in [0.25, 0.3) is 11.7 Å². The van der Waals surface area contributed by atoms with Crippen molar-refractivity contribution in [2.24, 2.45) is 0 Å². The maximum absolute atomic E-state index is 13.4. The molecule has 3 aromatic rings. The van der Waals surface area contributed by atoms with Gasteiger partial charge >= 0.3 is 0 Å². The van der Waals surface area contributed by atoms with E-state index in [1.165, 1.54) is 12.0 Å². The van der Waals surface area contributed by atoms with E-state index in [4.69, 9.17) is 14.7 Å². The maximum Gasteiger partial charge on any atom is 0.300 e. The lowest BCUT2D eigenvalue weighted by Crippen LogP contribution is -2.29. The van der Waals surface area contributed by atoms with Crippen LogP contribution in [0.15, 0.2) is 72.3 Å². The molecule has 0 saturated carbocycles. The van der Waals surface area contributed by atoms with Crippen molar-refractivity contribution in [3.8, 4) is 17.6 Å². The summed E-state index contributed by atoms with van der Waals surface area (Å²) in [4.78, 5) is 28.1. The average molecular weight is 483 g/mol. The number of rotatable bonds is 6.